The minimum absolute atomic E-state index is 0.235. The molecule has 3 rings (SSSR count). The minimum atomic E-state index is -0.928. The Labute approximate surface area is 126 Å². The second-order valence-corrected chi connectivity index (χ2v) is 5.65. The molecule has 1 aliphatic rings. The second-order valence-electron chi connectivity index (χ2n) is 5.65. The Bertz CT molecular complexity index is 710. The molecule has 1 aromatic heterocycles. The Hall–Kier alpha value is -2.24. The van der Waals surface area contributed by atoms with E-state index in [0.29, 0.717) is 11.5 Å². The molecule has 0 saturated heterocycles. The van der Waals surface area contributed by atoms with Crippen molar-refractivity contribution in [1.29, 1.82) is 0 Å². The van der Waals surface area contributed by atoms with Crippen LogP contribution in [0.2, 0.25) is 0 Å². The molecular weight excluding hydrogens is 290 g/mol. The quantitative estimate of drug-likeness (QED) is 0.866. The summed E-state index contributed by atoms with van der Waals surface area (Å²) in [6.07, 6.45) is 2.12. The summed E-state index contributed by atoms with van der Waals surface area (Å²) in [5.41, 5.74) is 0.750. The highest BCUT2D eigenvalue weighted by atomic mass is 19.2. The predicted molar refractivity (Wildman–Crippen MR) is 75.3 cm³/mol. The fourth-order valence-electron chi connectivity index (χ4n) is 2.30. The third-order valence-electron chi connectivity index (χ3n) is 4.05. The third-order valence-corrected chi connectivity index (χ3v) is 4.05. The Morgan fingerprint density at radius 3 is 2.68 bits per heavy atom. The van der Waals surface area contributed by atoms with Crippen molar-refractivity contribution in [3.8, 4) is 0 Å². The standard InChI is InChI=1S/C16H16F2N2O2/c1-9(11-5-6-12(17)13(18)7-11)20(2)16(21)14-8-15(22-19-14)10-3-4-10/h5-10H,3-4H2,1-2H3. The Morgan fingerprint density at radius 2 is 2.05 bits per heavy atom. The number of carbonyl (C=O) groups excluding carboxylic acids is 1. The number of aromatic nitrogens is 1. The maximum Gasteiger partial charge on any atom is 0.276 e. The van der Waals surface area contributed by atoms with Gasteiger partial charge in [0.1, 0.15) is 5.76 Å². The number of halogens is 2. The molecular formula is C16H16F2N2O2. The predicted octanol–water partition coefficient (Wildman–Crippen LogP) is 3.66. The Kier molecular flexibility index (Phi) is 3.68. The molecule has 116 valence electrons. The van der Waals surface area contributed by atoms with Crippen molar-refractivity contribution >= 4 is 5.91 Å². The first-order chi connectivity index (χ1) is 10.5. The second kappa shape index (κ2) is 5.51. The number of benzene rings is 1. The first-order valence-corrected chi connectivity index (χ1v) is 7.16. The molecule has 1 fully saturated rings. The van der Waals surface area contributed by atoms with E-state index in [1.54, 1.807) is 20.0 Å². The fraction of sp³-hybridized carbons (Fsp3) is 0.375. The lowest BCUT2D eigenvalue weighted by Gasteiger charge is -2.24. The van der Waals surface area contributed by atoms with Gasteiger partial charge in [-0.05, 0) is 37.5 Å². The first-order valence-electron chi connectivity index (χ1n) is 7.16. The highest BCUT2D eigenvalue weighted by Gasteiger charge is 2.30. The summed E-state index contributed by atoms with van der Waals surface area (Å²) in [4.78, 5) is 13.8. The number of hydrogen-bond acceptors (Lipinski definition) is 3. The largest absolute Gasteiger partial charge is 0.360 e. The van der Waals surface area contributed by atoms with Gasteiger partial charge in [0, 0.05) is 19.0 Å². The van der Waals surface area contributed by atoms with Crippen molar-refractivity contribution in [1.82, 2.24) is 10.1 Å². The summed E-state index contributed by atoms with van der Waals surface area (Å²) in [6.45, 7) is 1.74. The van der Waals surface area contributed by atoms with Crippen LogP contribution in [0.1, 0.15) is 53.5 Å². The van der Waals surface area contributed by atoms with Gasteiger partial charge in [-0.3, -0.25) is 4.79 Å². The van der Waals surface area contributed by atoms with Gasteiger partial charge in [-0.1, -0.05) is 11.2 Å². The van der Waals surface area contributed by atoms with Crippen molar-refractivity contribution in [2.24, 2.45) is 0 Å². The lowest BCUT2D eigenvalue weighted by Crippen LogP contribution is -2.30. The van der Waals surface area contributed by atoms with E-state index in [9.17, 15) is 13.6 Å². The van der Waals surface area contributed by atoms with Crippen molar-refractivity contribution < 1.29 is 18.1 Å². The highest BCUT2D eigenvalue weighted by molar-refractivity contribution is 5.92. The van der Waals surface area contributed by atoms with Crippen LogP contribution in [0.5, 0.6) is 0 Å². The summed E-state index contributed by atoms with van der Waals surface area (Å²) in [5.74, 6) is -1.04. The molecule has 1 atom stereocenters. The highest BCUT2D eigenvalue weighted by Crippen LogP contribution is 2.40. The zero-order valence-electron chi connectivity index (χ0n) is 12.3. The van der Waals surface area contributed by atoms with Crippen LogP contribution in [0.25, 0.3) is 0 Å². The molecule has 0 aliphatic heterocycles. The number of carbonyl (C=O) groups is 1. The molecule has 0 radical (unpaired) electrons. The third kappa shape index (κ3) is 2.73. The number of nitrogens with zero attached hydrogens (tertiary/aromatic N) is 2. The van der Waals surface area contributed by atoms with Crippen LogP contribution >= 0.6 is 0 Å². The van der Waals surface area contributed by atoms with Crippen molar-refractivity contribution in [3.05, 3.63) is 52.9 Å². The molecule has 4 nitrogen and oxygen atoms in total. The smallest absolute Gasteiger partial charge is 0.276 e. The van der Waals surface area contributed by atoms with Gasteiger partial charge < -0.3 is 9.42 Å². The van der Waals surface area contributed by atoms with Crippen LogP contribution in [0.4, 0.5) is 8.78 Å². The van der Waals surface area contributed by atoms with Gasteiger partial charge in [0.25, 0.3) is 5.91 Å². The molecule has 0 bridgehead atoms. The summed E-state index contributed by atoms with van der Waals surface area (Å²) in [5, 5.41) is 3.81. The first kappa shape index (κ1) is 14.7. The molecule has 1 aromatic carbocycles. The molecule has 1 saturated carbocycles. The Morgan fingerprint density at radius 1 is 1.32 bits per heavy atom. The average molecular weight is 306 g/mol. The lowest BCUT2D eigenvalue weighted by molar-refractivity contribution is 0.0731. The van der Waals surface area contributed by atoms with Crippen LogP contribution < -0.4 is 0 Å². The molecule has 0 spiro atoms. The molecule has 1 aliphatic carbocycles. The molecule has 1 heterocycles. The zero-order chi connectivity index (χ0) is 15.9. The molecule has 1 amide bonds. The van der Waals surface area contributed by atoms with Crippen LogP contribution in [0, 0.1) is 11.6 Å². The minimum Gasteiger partial charge on any atom is -0.360 e. The van der Waals surface area contributed by atoms with Crippen LogP contribution in [0.3, 0.4) is 0 Å². The van der Waals surface area contributed by atoms with E-state index in [-0.39, 0.29) is 11.6 Å². The van der Waals surface area contributed by atoms with Crippen LogP contribution in [-0.2, 0) is 0 Å². The molecule has 6 heteroatoms. The Balaban J connectivity index is 1.77. The van der Waals surface area contributed by atoms with E-state index >= 15 is 0 Å². The fourth-order valence-corrected chi connectivity index (χ4v) is 2.30. The normalized spacial score (nSPS) is 15.6. The van der Waals surface area contributed by atoms with Gasteiger partial charge in [-0.15, -0.1) is 0 Å². The van der Waals surface area contributed by atoms with Crippen molar-refractivity contribution in [2.75, 3.05) is 7.05 Å². The van der Waals surface area contributed by atoms with E-state index in [2.05, 4.69) is 5.16 Å². The number of hydrogen-bond donors (Lipinski definition) is 0. The maximum absolute atomic E-state index is 13.3. The zero-order valence-corrected chi connectivity index (χ0v) is 12.3. The topological polar surface area (TPSA) is 46.3 Å². The maximum atomic E-state index is 13.3. The van der Waals surface area contributed by atoms with Gasteiger partial charge in [0.15, 0.2) is 17.3 Å². The summed E-state index contributed by atoms with van der Waals surface area (Å²) < 4.78 is 31.5. The monoisotopic (exact) mass is 306 g/mol. The molecule has 22 heavy (non-hydrogen) atoms. The molecule has 1 unspecified atom stereocenters. The number of rotatable bonds is 4. The van der Waals surface area contributed by atoms with E-state index in [4.69, 9.17) is 4.52 Å². The molecule has 2 aromatic rings. The van der Waals surface area contributed by atoms with Crippen molar-refractivity contribution in [2.45, 2.75) is 31.7 Å². The summed E-state index contributed by atoms with van der Waals surface area (Å²) >= 11 is 0. The lowest BCUT2D eigenvalue weighted by atomic mass is 10.1. The van der Waals surface area contributed by atoms with Crippen LogP contribution in [0.15, 0.2) is 28.8 Å². The van der Waals surface area contributed by atoms with Gasteiger partial charge >= 0.3 is 0 Å². The summed E-state index contributed by atoms with van der Waals surface area (Å²) in [7, 11) is 1.60. The van der Waals surface area contributed by atoms with E-state index in [0.717, 1.165) is 30.7 Å². The average Bonchev–Trinajstić information content (AvgIpc) is 3.25. The van der Waals surface area contributed by atoms with Gasteiger partial charge in [-0.2, -0.15) is 0 Å². The van der Waals surface area contributed by atoms with Gasteiger partial charge in [0.05, 0.1) is 6.04 Å². The van der Waals surface area contributed by atoms with Gasteiger partial charge in [-0.25, -0.2) is 8.78 Å². The van der Waals surface area contributed by atoms with E-state index in [1.165, 1.54) is 11.0 Å². The molecule has 0 N–H and O–H groups in total. The number of amides is 1. The van der Waals surface area contributed by atoms with E-state index in [1.807, 2.05) is 0 Å². The van der Waals surface area contributed by atoms with Crippen LogP contribution in [-0.4, -0.2) is 23.0 Å². The SMILES string of the molecule is CC(c1ccc(F)c(F)c1)N(C)C(=O)c1cc(C2CC2)on1. The van der Waals surface area contributed by atoms with E-state index < -0.39 is 17.7 Å². The van der Waals surface area contributed by atoms with Gasteiger partial charge in [0.2, 0.25) is 0 Å². The van der Waals surface area contributed by atoms with Crippen molar-refractivity contribution in [3.63, 3.8) is 0 Å². The summed E-state index contributed by atoms with van der Waals surface area (Å²) in [6, 6.07) is 4.87.